The zero-order chi connectivity index (χ0) is 15.5. The summed E-state index contributed by atoms with van der Waals surface area (Å²) in [6.07, 6.45) is 0. The third kappa shape index (κ3) is 3.09. The number of halogens is 2. The summed E-state index contributed by atoms with van der Waals surface area (Å²) >= 11 is 5.95. The van der Waals surface area contributed by atoms with E-state index in [2.05, 4.69) is 10.1 Å². The summed E-state index contributed by atoms with van der Waals surface area (Å²) in [6, 6.07) is 11.6. The van der Waals surface area contributed by atoms with Crippen LogP contribution in [-0.4, -0.2) is 10.1 Å². The van der Waals surface area contributed by atoms with E-state index in [9.17, 15) is 4.39 Å². The van der Waals surface area contributed by atoms with Crippen LogP contribution in [0.4, 0.5) is 4.39 Å². The van der Waals surface area contributed by atoms with E-state index in [1.54, 1.807) is 30.3 Å². The minimum Gasteiger partial charge on any atom is -0.485 e. The van der Waals surface area contributed by atoms with Gasteiger partial charge in [-0.05, 0) is 42.8 Å². The molecule has 0 aliphatic heterocycles. The van der Waals surface area contributed by atoms with Crippen molar-refractivity contribution in [2.75, 3.05) is 0 Å². The first-order chi connectivity index (χ1) is 10.6. The van der Waals surface area contributed by atoms with Gasteiger partial charge in [0.05, 0.1) is 5.56 Å². The summed E-state index contributed by atoms with van der Waals surface area (Å²) in [6.45, 7) is 2.01. The second kappa shape index (κ2) is 6.15. The van der Waals surface area contributed by atoms with Crippen LogP contribution in [0.3, 0.4) is 0 Å². The summed E-state index contributed by atoms with van der Waals surface area (Å²) in [5, 5.41) is 4.46. The molecule has 0 radical (unpaired) electrons. The SMILES string of the molecule is Cc1cc(OCc2noc(-c3ccccc3F)n2)ccc1Cl. The van der Waals surface area contributed by atoms with Gasteiger partial charge in [0.1, 0.15) is 11.6 Å². The lowest BCUT2D eigenvalue weighted by atomic mass is 10.2. The van der Waals surface area contributed by atoms with Crippen LogP contribution >= 0.6 is 11.6 Å². The summed E-state index contributed by atoms with van der Waals surface area (Å²) in [5.41, 5.74) is 1.18. The first-order valence-corrected chi connectivity index (χ1v) is 6.98. The molecule has 0 aliphatic carbocycles. The Balaban J connectivity index is 1.72. The molecule has 0 saturated heterocycles. The standard InChI is InChI=1S/C16H12ClFN2O2/c1-10-8-11(6-7-13(10)17)21-9-15-19-16(22-20-15)12-4-2-3-5-14(12)18/h2-8H,9H2,1H3. The van der Waals surface area contributed by atoms with Crippen LogP contribution in [0.25, 0.3) is 11.5 Å². The number of hydrogen-bond acceptors (Lipinski definition) is 4. The van der Waals surface area contributed by atoms with E-state index in [1.165, 1.54) is 6.07 Å². The molecule has 112 valence electrons. The molecule has 0 amide bonds. The highest BCUT2D eigenvalue weighted by Crippen LogP contribution is 2.23. The van der Waals surface area contributed by atoms with E-state index < -0.39 is 5.82 Å². The van der Waals surface area contributed by atoms with E-state index in [4.69, 9.17) is 20.9 Å². The fraction of sp³-hybridized carbons (Fsp3) is 0.125. The molecule has 0 fully saturated rings. The number of aromatic nitrogens is 2. The van der Waals surface area contributed by atoms with Crippen molar-refractivity contribution in [3.63, 3.8) is 0 Å². The van der Waals surface area contributed by atoms with Gasteiger partial charge in [-0.3, -0.25) is 0 Å². The molecule has 2 aromatic carbocycles. The molecule has 1 heterocycles. The van der Waals surface area contributed by atoms with Crippen LogP contribution in [-0.2, 0) is 6.61 Å². The van der Waals surface area contributed by atoms with Gasteiger partial charge in [0.2, 0.25) is 5.82 Å². The lowest BCUT2D eigenvalue weighted by molar-refractivity contribution is 0.287. The van der Waals surface area contributed by atoms with Crippen molar-refractivity contribution in [2.45, 2.75) is 13.5 Å². The lowest BCUT2D eigenvalue weighted by Crippen LogP contribution is -1.98. The topological polar surface area (TPSA) is 48.2 Å². The zero-order valence-electron chi connectivity index (χ0n) is 11.7. The third-order valence-electron chi connectivity index (χ3n) is 3.07. The van der Waals surface area contributed by atoms with Crippen LogP contribution in [0.15, 0.2) is 47.0 Å². The molecule has 0 bridgehead atoms. The molecule has 3 aromatic rings. The van der Waals surface area contributed by atoms with Crippen molar-refractivity contribution in [2.24, 2.45) is 0 Å². The molecule has 4 nitrogen and oxygen atoms in total. The van der Waals surface area contributed by atoms with Crippen molar-refractivity contribution >= 4 is 11.6 Å². The average Bonchev–Trinajstić information content (AvgIpc) is 2.98. The molecule has 22 heavy (non-hydrogen) atoms. The molecule has 0 spiro atoms. The van der Waals surface area contributed by atoms with Gasteiger partial charge in [0.15, 0.2) is 6.61 Å². The largest absolute Gasteiger partial charge is 0.485 e. The average molecular weight is 319 g/mol. The molecule has 0 saturated carbocycles. The number of rotatable bonds is 4. The first kappa shape index (κ1) is 14.5. The monoisotopic (exact) mass is 318 g/mol. The van der Waals surface area contributed by atoms with Crippen LogP contribution in [0.1, 0.15) is 11.4 Å². The Bertz CT molecular complexity index is 804. The highest BCUT2D eigenvalue weighted by molar-refractivity contribution is 6.31. The normalized spacial score (nSPS) is 10.7. The van der Waals surface area contributed by atoms with Gasteiger partial charge < -0.3 is 9.26 Å². The maximum Gasteiger partial charge on any atom is 0.261 e. The quantitative estimate of drug-likeness (QED) is 0.714. The van der Waals surface area contributed by atoms with Gasteiger partial charge in [-0.25, -0.2) is 4.39 Å². The number of ether oxygens (including phenoxy) is 1. The Morgan fingerprint density at radius 1 is 1.23 bits per heavy atom. The van der Waals surface area contributed by atoms with Gasteiger partial charge in [-0.15, -0.1) is 0 Å². The molecule has 6 heteroatoms. The molecule has 0 N–H and O–H groups in total. The first-order valence-electron chi connectivity index (χ1n) is 6.60. The minimum atomic E-state index is -0.410. The highest BCUT2D eigenvalue weighted by atomic mass is 35.5. The van der Waals surface area contributed by atoms with E-state index in [0.717, 1.165) is 5.56 Å². The molecule has 0 aliphatic rings. The summed E-state index contributed by atoms with van der Waals surface area (Å²) in [5.74, 6) is 0.709. The summed E-state index contributed by atoms with van der Waals surface area (Å²) < 4.78 is 24.3. The molecule has 3 rings (SSSR count). The van der Waals surface area contributed by atoms with Gasteiger partial charge in [-0.2, -0.15) is 4.98 Å². The van der Waals surface area contributed by atoms with Crippen molar-refractivity contribution < 1.29 is 13.7 Å². The summed E-state index contributed by atoms with van der Waals surface area (Å²) in [7, 11) is 0. The van der Waals surface area contributed by atoms with Crippen LogP contribution in [0, 0.1) is 12.7 Å². The third-order valence-corrected chi connectivity index (χ3v) is 3.49. The van der Waals surface area contributed by atoms with Crippen LogP contribution in [0.5, 0.6) is 5.75 Å². The Morgan fingerprint density at radius 2 is 2.05 bits per heavy atom. The highest BCUT2D eigenvalue weighted by Gasteiger charge is 2.13. The number of nitrogens with zero attached hydrogens (tertiary/aromatic N) is 2. The smallest absolute Gasteiger partial charge is 0.261 e. The van der Waals surface area contributed by atoms with Gasteiger partial charge in [-0.1, -0.05) is 28.9 Å². The number of hydrogen-bond donors (Lipinski definition) is 0. The molecular weight excluding hydrogens is 307 g/mol. The van der Waals surface area contributed by atoms with E-state index in [1.807, 2.05) is 13.0 Å². The van der Waals surface area contributed by atoms with Gasteiger partial charge in [0, 0.05) is 5.02 Å². The van der Waals surface area contributed by atoms with E-state index >= 15 is 0 Å². The van der Waals surface area contributed by atoms with Crippen molar-refractivity contribution in [3.05, 3.63) is 64.7 Å². The second-order valence-corrected chi connectivity index (χ2v) is 5.10. The Kier molecular flexibility index (Phi) is 4.06. The number of aryl methyl sites for hydroxylation is 1. The van der Waals surface area contributed by atoms with Crippen molar-refractivity contribution in [3.8, 4) is 17.2 Å². The molecular formula is C16H12ClFN2O2. The predicted octanol–water partition coefficient (Wildman–Crippen LogP) is 4.42. The van der Waals surface area contributed by atoms with Gasteiger partial charge in [0.25, 0.3) is 5.89 Å². The number of benzene rings is 2. The van der Waals surface area contributed by atoms with E-state index in [-0.39, 0.29) is 18.1 Å². The Labute approximate surface area is 131 Å². The lowest BCUT2D eigenvalue weighted by Gasteiger charge is -2.05. The Morgan fingerprint density at radius 3 is 2.82 bits per heavy atom. The molecule has 1 aromatic heterocycles. The van der Waals surface area contributed by atoms with Crippen molar-refractivity contribution in [1.29, 1.82) is 0 Å². The molecule has 0 unspecified atom stereocenters. The van der Waals surface area contributed by atoms with Crippen LogP contribution in [0.2, 0.25) is 5.02 Å². The van der Waals surface area contributed by atoms with Crippen LogP contribution < -0.4 is 4.74 Å². The summed E-state index contributed by atoms with van der Waals surface area (Å²) in [4.78, 5) is 4.13. The van der Waals surface area contributed by atoms with Crippen molar-refractivity contribution in [1.82, 2.24) is 10.1 Å². The second-order valence-electron chi connectivity index (χ2n) is 4.70. The maximum atomic E-state index is 13.6. The van der Waals surface area contributed by atoms with E-state index in [0.29, 0.717) is 16.6 Å². The zero-order valence-corrected chi connectivity index (χ0v) is 12.5. The van der Waals surface area contributed by atoms with Gasteiger partial charge >= 0.3 is 0 Å². The molecule has 0 atom stereocenters. The maximum absolute atomic E-state index is 13.6. The fourth-order valence-electron chi connectivity index (χ4n) is 1.91. The predicted molar refractivity (Wildman–Crippen MR) is 80.2 cm³/mol. The minimum absolute atomic E-state index is 0.124. The Hall–Kier alpha value is -2.40. The fourth-order valence-corrected chi connectivity index (χ4v) is 2.03.